The SMILES string of the molecule is COc1cc(C)c2[nH]c3c(c(=O)c2c1)CCC3. The molecule has 17 heavy (non-hydrogen) atoms. The largest absolute Gasteiger partial charge is 0.497 e. The van der Waals surface area contributed by atoms with Gasteiger partial charge in [0.2, 0.25) is 0 Å². The van der Waals surface area contributed by atoms with Gasteiger partial charge in [0.05, 0.1) is 12.6 Å². The van der Waals surface area contributed by atoms with Crippen molar-refractivity contribution in [2.24, 2.45) is 0 Å². The first-order valence-electron chi connectivity index (χ1n) is 5.93. The van der Waals surface area contributed by atoms with Crippen molar-refractivity contribution < 1.29 is 4.74 Å². The molecule has 0 unspecified atom stereocenters. The van der Waals surface area contributed by atoms with E-state index in [9.17, 15) is 4.79 Å². The molecule has 3 heteroatoms. The van der Waals surface area contributed by atoms with Gasteiger partial charge in [0.1, 0.15) is 5.75 Å². The number of H-pyrrole nitrogens is 1. The second kappa shape index (κ2) is 3.62. The number of aromatic nitrogens is 1. The van der Waals surface area contributed by atoms with E-state index in [2.05, 4.69) is 4.98 Å². The zero-order chi connectivity index (χ0) is 12.0. The first kappa shape index (κ1) is 10.4. The summed E-state index contributed by atoms with van der Waals surface area (Å²) in [6, 6.07) is 3.79. The number of ether oxygens (including phenoxy) is 1. The number of fused-ring (bicyclic) bond motifs is 2. The highest BCUT2D eigenvalue weighted by atomic mass is 16.5. The molecule has 3 nitrogen and oxygen atoms in total. The molecule has 0 amide bonds. The van der Waals surface area contributed by atoms with Crippen LogP contribution in [0.5, 0.6) is 5.75 Å². The molecule has 1 aliphatic rings. The lowest BCUT2D eigenvalue weighted by Gasteiger charge is -2.08. The van der Waals surface area contributed by atoms with Crippen molar-refractivity contribution in [3.63, 3.8) is 0 Å². The Morgan fingerprint density at radius 3 is 2.88 bits per heavy atom. The molecular formula is C14H15NO2. The van der Waals surface area contributed by atoms with Crippen LogP contribution in [0.4, 0.5) is 0 Å². The zero-order valence-electron chi connectivity index (χ0n) is 10.1. The minimum Gasteiger partial charge on any atom is -0.497 e. The van der Waals surface area contributed by atoms with Gasteiger partial charge in [-0.05, 0) is 43.9 Å². The molecule has 88 valence electrons. The minimum atomic E-state index is 0.174. The Morgan fingerprint density at radius 2 is 2.12 bits per heavy atom. The van der Waals surface area contributed by atoms with Crippen LogP contribution in [0.2, 0.25) is 0 Å². The van der Waals surface area contributed by atoms with Gasteiger partial charge in [0, 0.05) is 16.6 Å². The molecule has 2 aromatic rings. The first-order valence-corrected chi connectivity index (χ1v) is 5.93. The predicted molar refractivity (Wildman–Crippen MR) is 67.9 cm³/mol. The molecule has 1 aromatic heterocycles. The molecule has 0 radical (unpaired) electrons. The summed E-state index contributed by atoms with van der Waals surface area (Å²) in [6.45, 7) is 2.00. The average molecular weight is 229 g/mol. The third kappa shape index (κ3) is 1.46. The fraction of sp³-hybridized carbons (Fsp3) is 0.357. The van der Waals surface area contributed by atoms with Crippen molar-refractivity contribution in [3.8, 4) is 5.75 Å². The van der Waals surface area contributed by atoms with E-state index >= 15 is 0 Å². The zero-order valence-corrected chi connectivity index (χ0v) is 10.1. The van der Waals surface area contributed by atoms with E-state index in [1.54, 1.807) is 7.11 Å². The van der Waals surface area contributed by atoms with Crippen LogP contribution in [0.25, 0.3) is 10.9 Å². The normalized spacial score (nSPS) is 14.0. The molecule has 0 aliphatic heterocycles. The van der Waals surface area contributed by atoms with Gasteiger partial charge < -0.3 is 9.72 Å². The quantitative estimate of drug-likeness (QED) is 0.815. The summed E-state index contributed by atoms with van der Waals surface area (Å²) < 4.78 is 5.22. The summed E-state index contributed by atoms with van der Waals surface area (Å²) in [5.74, 6) is 0.749. The number of methoxy groups -OCH3 is 1. The summed E-state index contributed by atoms with van der Waals surface area (Å²) in [4.78, 5) is 15.8. The number of aromatic amines is 1. The van der Waals surface area contributed by atoms with E-state index in [0.717, 1.165) is 52.7 Å². The van der Waals surface area contributed by atoms with Gasteiger partial charge in [-0.1, -0.05) is 0 Å². The molecule has 1 N–H and O–H groups in total. The molecular weight excluding hydrogens is 214 g/mol. The van der Waals surface area contributed by atoms with E-state index in [-0.39, 0.29) is 5.43 Å². The van der Waals surface area contributed by atoms with Crippen LogP contribution in [0, 0.1) is 6.92 Å². The predicted octanol–water partition coefficient (Wildman–Crippen LogP) is 2.33. The number of nitrogens with one attached hydrogen (secondary N) is 1. The summed E-state index contributed by atoms with van der Waals surface area (Å²) in [6.07, 6.45) is 2.97. The Kier molecular flexibility index (Phi) is 2.21. The number of hydrogen-bond acceptors (Lipinski definition) is 2. The second-order valence-electron chi connectivity index (χ2n) is 4.63. The van der Waals surface area contributed by atoms with Crippen LogP contribution in [0.15, 0.2) is 16.9 Å². The van der Waals surface area contributed by atoms with Gasteiger partial charge in [-0.2, -0.15) is 0 Å². The maximum Gasteiger partial charge on any atom is 0.192 e. The van der Waals surface area contributed by atoms with Crippen LogP contribution >= 0.6 is 0 Å². The molecule has 0 atom stereocenters. The Labute approximate surface area is 99.4 Å². The van der Waals surface area contributed by atoms with Crippen LogP contribution in [-0.4, -0.2) is 12.1 Å². The van der Waals surface area contributed by atoms with E-state index in [1.165, 1.54) is 0 Å². The van der Waals surface area contributed by atoms with Crippen molar-refractivity contribution in [1.82, 2.24) is 4.98 Å². The number of benzene rings is 1. The molecule has 1 heterocycles. The fourth-order valence-electron chi connectivity index (χ4n) is 2.66. The molecule has 1 aliphatic carbocycles. The van der Waals surface area contributed by atoms with Gasteiger partial charge in [-0.15, -0.1) is 0 Å². The maximum absolute atomic E-state index is 12.4. The smallest absolute Gasteiger partial charge is 0.192 e. The van der Waals surface area contributed by atoms with Gasteiger partial charge in [-0.3, -0.25) is 4.79 Å². The summed E-state index contributed by atoms with van der Waals surface area (Å²) in [5.41, 5.74) is 4.27. The van der Waals surface area contributed by atoms with Crippen molar-refractivity contribution in [1.29, 1.82) is 0 Å². The number of hydrogen-bond donors (Lipinski definition) is 1. The Morgan fingerprint density at radius 1 is 1.29 bits per heavy atom. The van der Waals surface area contributed by atoms with E-state index in [4.69, 9.17) is 4.74 Å². The third-order valence-corrected chi connectivity index (χ3v) is 3.56. The Hall–Kier alpha value is -1.77. The standard InChI is InChI=1S/C14H15NO2/c1-8-6-9(17-2)7-11-13(8)15-12-5-3-4-10(12)14(11)16/h6-7H,3-5H2,1-2H3,(H,15,16). The third-order valence-electron chi connectivity index (χ3n) is 3.56. The number of rotatable bonds is 1. The maximum atomic E-state index is 12.4. The fourth-order valence-corrected chi connectivity index (χ4v) is 2.66. The van der Waals surface area contributed by atoms with Crippen molar-refractivity contribution in [2.45, 2.75) is 26.2 Å². The molecule has 3 rings (SSSR count). The van der Waals surface area contributed by atoms with E-state index in [1.807, 2.05) is 19.1 Å². The van der Waals surface area contributed by atoms with Crippen LogP contribution in [-0.2, 0) is 12.8 Å². The van der Waals surface area contributed by atoms with Crippen molar-refractivity contribution >= 4 is 10.9 Å². The molecule has 0 spiro atoms. The number of aryl methyl sites for hydroxylation is 2. The van der Waals surface area contributed by atoms with Crippen LogP contribution in [0.1, 0.15) is 23.2 Å². The molecule has 0 bridgehead atoms. The van der Waals surface area contributed by atoms with Crippen LogP contribution in [0.3, 0.4) is 0 Å². The minimum absolute atomic E-state index is 0.174. The van der Waals surface area contributed by atoms with E-state index in [0.29, 0.717) is 0 Å². The van der Waals surface area contributed by atoms with Gasteiger partial charge >= 0.3 is 0 Å². The lowest BCUT2D eigenvalue weighted by atomic mass is 10.1. The second-order valence-corrected chi connectivity index (χ2v) is 4.63. The lowest BCUT2D eigenvalue weighted by Crippen LogP contribution is -2.11. The lowest BCUT2D eigenvalue weighted by molar-refractivity contribution is 0.415. The topological polar surface area (TPSA) is 42.1 Å². The first-order chi connectivity index (χ1) is 8.20. The van der Waals surface area contributed by atoms with E-state index < -0.39 is 0 Å². The average Bonchev–Trinajstić information content (AvgIpc) is 2.79. The molecule has 0 fully saturated rings. The Balaban J connectivity index is 2.44. The number of pyridine rings is 1. The summed E-state index contributed by atoms with van der Waals surface area (Å²) in [7, 11) is 1.63. The van der Waals surface area contributed by atoms with Crippen molar-refractivity contribution in [2.75, 3.05) is 7.11 Å². The highest BCUT2D eigenvalue weighted by Gasteiger charge is 2.18. The molecule has 1 aromatic carbocycles. The highest BCUT2D eigenvalue weighted by Crippen LogP contribution is 2.25. The summed E-state index contributed by atoms with van der Waals surface area (Å²) in [5, 5.41) is 0.752. The van der Waals surface area contributed by atoms with Crippen LogP contribution < -0.4 is 10.2 Å². The van der Waals surface area contributed by atoms with Gasteiger partial charge in [-0.25, -0.2) is 0 Å². The molecule has 0 saturated carbocycles. The monoisotopic (exact) mass is 229 g/mol. The van der Waals surface area contributed by atoms with Crippen molar-refractivity contribution in [3.05, 3.63) is 39.2 Å². The van der Waals surface area contributed by atoms with Gasteiger partial charge in [0.25, 0.3) is 0 Å². The highest BCUT2D eigenvalue weighted by molar-refractivity contribution is 5.84. The van der Waals surface area contributed by atoms with Gasteiger partial charge in [0.15, 0.2) is 5.43 Å². The molecule has 0 saturated heterocycles. The summed E-state index contributed by atoms with van der Waals surface area (Å²) >= 11 is 0. The Bertz CT molecular complexity index is 655.